The molecule has 160 valence electrons. The van der Waals surface area contributed by atoms with Gasteiger partial charge in [-0.25, -0.2) is 4.98 Å². The minimum atomic E-state index is 0.0752. The van der Waals surface area contributed by atoms with Gasteiger partial charge in [-0.3, -0.25) is 5.43 Å². The number of aryl methyl sites for hydroxylation is 2. The first-order valence-electron chi connectivity index (χ1n) is 10.1. The van der Waals surface area contributed by atoms with Gasteiger partial charge in [-0.05, 0) is 61.4 Å². The SMILES string of the molecule is COc1cc(-c2c/c(=N\Nc3nc4ccccc4s3)c3cc(C)cc(C)c3o2)ccc1O. The van der Waals surface area contributed by atoms with Crippen molar-refractivity contribution in [1.29, 1.82) is 0 Å². The predicted molar refractivity (Wildman–Crippen MR) is 128 cm³/mol. The Kier molecular flexibility index (Phi) is 5.03. The normalized spacial score (nSPS) is 11.9. The summed E-state index contributed by atoms with van der Waals surface area (Å²) in [5.41, 5.74) is 7.73. The van der Waals surface area contributed by atoms with Crippen molar-refractivity contribution >= 4 is 37.7 Å². The number of nitrogens with zero attached hydrogens (tertiary/aromatic N) is 2. The van der Waals surface area contributed by atoms with E-state index in [0.717, 1.165) is 48.4 Å². The van der Waals surface area contributed by atoms with Crippen LogP contribution < -0.4 is 15.5 Å². The molecule has 0 saturated carbocycles. The first-order chi connectivity index (χ1) is 15.5. The van der Waals surface area contributed by atoms with E-state index in [0.29, 0.717) is 11.5 Å². The van der Waals surface area contributed by atoms with E-state index >= 15 is 0 Å². The molecule has 5 rings (SSSR count). The van der Waals surface area contributed by atoms with Crippen LogP contribution in [0.1, 0.15) is 11.1 Å². The van der Waals surface area contributed by atoms with Crippen molar-refractivity contribution in [3.63, 3.8) is 0 Å². The lowest BCUT2D eigenvalue weighted by molar-refractivity contribution is 0.373. The zero-order valence-electron chi connectivity index (χ0n) is 17.8. The second-order valence-electron chi connectivity index (χ2n) is 7.55. The zero-order chi connectivity index (χ0) is 22.2. The second-order valence-corrected chi connectivity index (χ2v) is 8.58. The third-order valence-corrected chi connectivity index (χ3v) is 6.15. The van der Waals surface area contributed by atoms with Crippen LogP contribution in [0.3, 0.4) is 0 Å². The molecule has 7 heteroatoms. The largest absolute Gasteiger partial charge is 0.504 e. The third kappa shape index (κ3) is 3.67. The van der Waals surface area contributed by atoms with Gasteiger partial charge in [0.2, 0.25) is 5.13 Å². The van der Waals surface area contributed by atoms with Crippen molar-refractivity contribution in [2.24, 2.45) is 5.10 Å². The van der Waals surface area contributed by atoms with Gasteiger partial charge in [-0.15, -0.1) is 0 Å². The summed E-state index contributed by atoms with van der Waals surface area (Å²) in [5.74, 6) is 1.07. The van der Waals surface area contributed by atoms with Crippen molar-refractivity contribution in [3.8, 4) is 22.8 Å². The molecule has 0 amide bonds. The molecule has 0 bridgehead atoms. The number of thiazole rings is 1. The number of nitrogens with one attached hydrogen (secondary N) is 1. The molecule has 0 aliphatic heterocycles. The van der Waals surface area contributed by atoms with E-state index in [1.165, 1.54) is 7.11 Å². The van der Waals surface area contributed by atoms with Gasteiger partial charge in [0.05, 0.1) is 22.7 Å². The number of aromatic nitrogens is 1. The van der Waals surface area contributed by atoms with Crippen LogP contribution in [0.5, 0.6) is 11.5 Å². The highest BCUT2D eigenvalue weighted by Gasteiger charge is 2.12. The van der Waals surface area contributed by atoms with E-state index in [9.17, 15) is 5.11 Å². The lowest BCUT2D eigenvalue weighted by Gasteiger charge is -2.10. The fourth-order valence-electron chi connectivity index (χ4n) is 3.72. The molecule has 3 aromatic carbocycles. The highest BCUT2D eigenvalue weighted by Crippen LogP contribution is 2.32. The van der Waals surface area contributed by atoms with E-state index in [-0.39, 0.29) is 5.75 Å². The molecule has 2 aromatic heterocycles. The first-order valence-corrected chi connectivity index (χ1v) is 10.9. The topological polar surface area (TPSA) is 79.9 Å². The highest BCUT2D eigenvalue weighted by molar-refractivity contribution is 7.22. The Morgan fingerprint density at radius 3 is 2.72 bits per heavy atom. The molecule has 0 radical (unpaired) electrons. The number of hydrogen-bond acceptors (Lipinski definition) is 7. The number of para-hydroxylation sites is 1. The van der Waals surface area contributed by atoms with E-state index < -0.39 is 0 Å². The van der Waals surface area contributed by atoms with Crippen LogP contribution >= 0.6 is 11.3 Å². The number of benzene rings is 3. The van der Waals surface area contributed by atoms with E-state index in [1.807, 2.05) is 37.3 Å². The lowest BCUT2D eigenvalue weighted by Crippen LogP contribution is -2.08. The standard InChI is InChI=1S/C25H21N3O3S/c1-14-10-15(2)24-17(11-14)19(27-28-25-26-18-6-4-5-7-23(18)32-25)13-21(31-24)16-8-9-20(29)22(12-16)30-3/h4-13,29H,1-3H3,(H,26,28)/b27-19+. The van der Waals surface area contributed by atoms with Gasteiger partial charge in [0.25, 0.3) is 0 Å². The predicted octanol–water partition coefficient (Wildman–Crippen LogP) is 5.97. The minimum absolute atomic E-state index is 0.0752. The van der Waals surface area contributed by atoms with Gasteiger partial charge >= 0.3 is 0 Å². The van der Waals surface area contributed by atoms with Crippen molar-refractivity contribution in [2.75, 3.05) is 12.5 Å². The number of ether oxygens (including phenoxy) is 1. The Morgan fingerprint density at radius 2 is 1.91 bits per heavy atom. The molecule has 2 heterocycles. The van der Waals surface area contributed by atoms with Crippen molar-refractivity contribution in [3.05, 3.63) is 77.1 Å². The maximum Gasteiger partial charge on any atom is 0.204 e. The van der Waals surface area contributed by atoms with Crippen LogP contribution in [0.4, 0.5) is 5.13 Å². The maximum atomic E-state index is 9.96. The van der Waals surface area contributed by atoms with E-state index in [1.54, 1.807) is 29.5 Å². The van der Waals surface area contributed by atoms with E-state index in [4.69, 9.17) is 9.15 Å². The molecule has 0 atom stereocenters. The Bertz CT molecular complexity index is 1500. The smallest absolute Gasteiger partial charge is 0.204 e. The van der Waals surface area contributed by atoms with Crippen molar-refractivity contribution in [2.45, 2.75) is 13.8 Å². The average molecular weight is 444 g/mol. The van der Waals surface area contributed by atoms with Crippen molar-refractivity contribution in [1.82, 2.24) is 4.98 Å². The molecular weight excluding hydrogens is 422 g/mol. The quantitative estimate of drug-likeness (QED) is 0.335. The van der Waals surface area contributed by atoms with Gasteiger partial charge < -0.3 is 14.3 Å². The van der Waals surface area contributed by atoms with Gasteiger partial charge in [0.15, 0.2) is 11.5 Å². The van der Waals surface area contributed by atoms with Crippen LogP contribution in [0.25, 0.3) is 32.5 Å². The molecule has 0 fully saturated rings. The maximum absolute atomic E-state index is 9.96. The van der Waals surface area contributed by atoms with Gasteiger partial charge in [-0.1, -0.05) is 29.5 Å². The number of rotatable bonds is 4. The summed E-state index contributed by atoms with van der Waals surface area (Å²) in [7, 11) is 1.52. The fraction of sp³-hybridized carbons (Fsp3) is 0.120. The van der Waals surface area contributed by atoms with Crippen LogP contribution in [0.15, 0.2) is 70.2 Å². The number of phenolic OH excluding ortho intramolecular Hbond substituents is 1. The molecule has 0 spiro atoms. The Morgan fingerprint density at radius 1 is 1.06 bits per heavy atom. The first kappa shape index (κ1) is 20.1. The molecule has 0 saturated heterocycles. The number of phenols is 1. The van der Waals surface area contributed by atoms with Gasteiger partial charge in [-0.2, -0.15) is 5.10 Å². The van der Waals surface area contributed by atoms with Crippen LogP contribution in [-0.4, -0.2) is 17.2 Å². The average Bonchev–Trinajstić information content (AvgIpc) is 3.21. The fourth-order valence-corrected chi connectivity index (χ4v) is 4.52. The summed E-state index contributed by atoms with van der Waals surface area (Å²) in [6.07, 6.45) is 0. The summed E-state index contributed by atoms with van der Waals surface area (Å²) in [5, 5.41) is 17.0. The number of methoxy groups -OCH3 is 1. The molecule has 0 aliphatic carbocycles. The Balaban J connectivity index is 1.68. The number of fused-ring (bicyclic) bond motifs is 2. The zero-order valence-corrected chi connectivity index (χ0v) is 18.7. The van der Waals surface area contributed by atoms with Gasteiger partial charge in [0.1, 0.15) is 11.3 Å². The second kappa shape index (κ2) is 8.01. The number of anilines is 1. The molecule has 2 N–H and O–H groups in total. The summed E-state index contributed by atoms with van der Waals surface area (Å²) in [6.45, 7) is 4.07. The summed E-state index contributed by atoms with van der Waals surface area (Å²) >= 11 is 1.55. The number of hydrogen-bond donors (Lipinski definition) is 2. The number of aromatic hydroxyl groups is 1. The molecule has 0 unspecified atom stereocenters. The molecule has 6 nitrogen and oxygen atoms in total. The Labute approximate surface area is 188 Å². The van der Waals surface area contributed by atoms with Gasteiger partial charge in [0, 0.05) is 17.0 Å². The van der Waals surface area contributed by atoms with Crippen LogP contribution in [0, 0.1) is 13.8 Å². The monoisotopic (exact) mass is 443 g/mol. The minimum Gasteiger partial charge on any atom is -0.504 e. The van der Waals surface area contributed by atoms with Crippen molar-refractivity contribution < 1.29 is 14.3 Å². The molecule has 0 aliphatic rings. The Hall–Kier alpha value is -3.84. The lowest BCUT2D eigenvalue weighted by atomic mass is 10.1. The summed E-state index contributed by atoms with van der Waals surface area (Å²) in [6, 6.07) is 19.1. The van der Waals surface area contributed by atoms with E-state index in [2.05, 4.69) is 34.6 Å². The summed E-state index contributed by atoms with van der Waals surface area (Å²) < 4.78 is 12.6. The van der Waals surface area contributed by atoms with Crippen LogP contribution in [-0.2, 0) is 0 Å². The third-order valence-electron chi connectivity index (χ3n) is 5.20. The van der Waals surface area contributed by atoms with Crippen LogP contribution in [0.2, 0.25) is 0 Å². The summed E-state index contributed by atoms with van der Waals surface area (Å²) in [4.78, 5) is 4.60. The highest BCUT2D eigenvalue weighted by atomic mass is 32.1. The molecule has 32 heavy (non-hydrogen) atoms. The molecule has 5 aromatic rings. The molecular formula is C25H21N3O3S.